The highest BCUT2D eigenvalue weighted by atomic mass is 79.9. The average molecular weight is 526 g/mol. The number of nitrogens with two attached hydrogens (primary N) is 1. The van der Waals surface area contributed by atoms with Gasteiger partial charge in [-0.25, -0.2) is 13.6 Å². The lowest BCUT2D eigenvalue weighted by Gasteiger charge is -2.13. The van der Waals surface area contributed by atoms with Gasteiger partial charge < -0.3 is 10.1 Å². The van der Waals surface area contributed by atoms with Crippen LogP contribution in [-0.4, -0.2) is 8.42 Å². The van der Waals surface area contributed by atoms with E-state index in [0.717, 1.165) is 31.5 Å². The highest BCUT2D eigenvalue weighted by Crippen LogP contribution is 2.35. The van der Waals surface area contributed by atoms with Crippen molar-refractivity contribution in [3.8, 4) is 5.75 Å². The van der Waals surface area contributed by atoms with Gasteiger partial charge in [0.2, 0.25) is 10.0 Å². The molecular weight excluding hydrogens is 508 g/mol. The molecule has 0 spiro atoms. The maximum absolute atomic E-state index is 11.3. The number of ether oxygens (including phenoxy) is 1. The lowest BCUT2D eigenvalue weighted by molar-refractivity contribution is 0.302. The minimum atomic E-state index is -3.68. The number of primary sulfonamides is 1. The van der Waals surface area contributed by atoms with Crippen molar-refractivity contribution < 1.29 is 13.2 Å². The van der Waals surface area contributed by atoms with Crippen LogP contribution in [0, 0.1) is 0 Å². The van der Waals surface area contributed by atoms with E-state index in [9.17, 15) is 8.42 Å². The van der Waals surface area contributed by atoms with E-state index in [4.69, 9.17) is 9.88 Å². The smallest absolute Gasteiger partial charge is 0.238 e. The van der Waals surface area contributed by atoms with Gasteiger partial charge in [-0.2, -0.15) is 0 Å². The minimum Gasteiger partial charge on any atom is -0.487 e. The Hall–Kier alpha value is -1.87. The largest absolute Gasteiger partial charge is 0.487 e. The first-order chi connectivity index (χ1) is 13.3. The van der Waals surface area contributed by atoms with E-state index in [-0.39, 0.29) is 4.90 Å². The van der Waals surface area contributed by atoms with Crippen LogP contribution in [0.1, 0.15) is 11.1 Å². The van der Waals surface area contributed by atoms with E-state index < -0.39 is 10.0 Å². The molecule has 0 aliphatic heterocycles. The summed E-state index contributed by atoms with van der Waals surface area (Å²) in [7, 11) is -3.68. The molecule has 0 amide bonds. The Morgan fingerprint density at radius 2 is 1.50 bits per heavy atom. The molecular formula is C20H18Br2N2O3S. The van der Waals surface area contributed by atoms with Gasteiger partial charge in [-0.15, -0.1) is 0 Å². The predicted octanol–water partition coefficient (Wildman–Crippen LogP) is 5.05. The normalized spacial score (nSPS) is 11.2. The fourth-order valence-electron chi connectivity index (χ4n) is 2.55. The Morgan fingerprint density at radius 1 is 0.893 bits per heavy atom. The summed E-state index contributed by atoms with van der Waals surface area (Å²) in [6.07, 6.45) is 0. The first-order valence-electron chi connectivity index (χ1n) is 8.34. The molecule has 0 atom stereocenters. The fraction of sp³-hybridized carbons (Fsp3) is 0.100. The number of benzene rings is 3. The van der Waals surface area contributed by atoms with Crippen LogP contribution in [-0.2, 0) is 23.2 Å². The van der Waals surface area contributed by atoms with E-state index in [1.54, 1.807) is 12.1 Å². The molecule has 0 aliphatic rings. The lowest BCUT2D eigenvalue weighted by Crippen LogP contribution is -2.12. The highest BCUT2D eigenvalue weighted by molar-refractivity contribution is 9.11. The summed E-state index contributed by atoms with van der Waals surface area (Å²) < 4.78 is 30.2. The average Bonchev–Trinajstić information content (AvgIpc) is 2.66. The number of anilines is 1. The molecule has 0 radical (unpaired) electrons. The van der Waals surface area contributed by atoms with Crippen LogP contribution < -0.4 is 15.2 Å². The van der Waals surface area contributed by atoms with E-state index in [0.29, 0.717) is 13.2 Å². The second-order valence-electron chi connectivity index (χ2n) is 6.09. The zero-order valence-electron chi connectivity index (χ0n) is 14.7. The first-order valence-corrected chi connectivity index (χ1v) is 11.5. The number of nitrogens with one attached hydrogen (secondary N) is 1. The molecule has 3 rings (SSSR count). The van der Waals surface area contributed by atoms with Crippen molar-refractivity contribution >= 4 is 47.6 Å². The second kappa shape index (κ2) is 9.09. The van der Waals surface area contributed by atoms with Crippen LogP contribution >= 0.6 is 31.9 Å². The van der Waals surface area contributed by atoms with Gasteiger partial charge >= 0.3 is 0 Å². The zero-order chi connectivity index (χ0) is 20.1. The van der Waals surface area contributed by atoms with Gasteiger partial charge in [0.1, 0.15) is 12.4 Å². The minimum absolute atomic E-state index is 0.0865. The SMILES string of the molecule is NS(=O)(=O)c1ccc(NCc2cc(Br)c(OCc3ccccc3)c(Br)c2)cc1. The van der Waals surface area contributed by atoms with Crippen molar-refractivity contribution in [2.75, 3.05) is 5.32 Å². The molecule has 8 heteroatoms. The van der Waals surface area contributed by atoms with E-state index >= 15 is 0 Å². The molecule has 0 heterocycles. The third kappa shape index (κ3) is 5.57. The van der Waals surface area contributed by atoms with Crippen molar-refractivity contribution in [3.63, 3.8) is 0 Å². The molecule has 3 aromatic rings. The lowest BCUT2D eigenvalue weighted by atomic mass is 10.2. The van der Waals surface area contributed by atoms with Crippen LogP contribution in [0.4, 0.5) is 5.69 Å². The topological polar surface area (TPSA) is 81.4 Å². The van der Waals surface area contributed by atoms with Gasteiger partial charge in [0, 0.05) is 12.2 Å². The highest BCUT2D eigenvalue weighted by Gasteiger charge is 2.10. The van der Waals surface area contributed by atoms with Crippen molar-refractivity contribution in [2.24, 2.45) is 5.14 Å². The molecule has 0 unspecified atom stereocenters. The molecule has 146 valence electrons. The number of hydrogen-bond donors (Lipinski definition) is 2. The molecule has 28 heavy (non-hydrogen) atoms. The Morgan fingerprint density at radius 3 is 2.07 bits per heavy atom. The Kier molecular flexibility index (Phi) is 6.77. The summed E-state index contributed by atoms with van der Waals surface area (Å²) in [5.41, 5.74) is 2.92. The third-order valence-corrected chi connectivity index (χ3v) is 6.07. The van der Waals surface area contributed by atoms with Crippen molar-refractivity contribution in [1.82, 2.24) is 0 Å². The zero-order valence-corrected chi connectivity index (χ0v) is 18.7. The maximum Gasteiger partial charge on any atom is 0.238 e. The van der Waals surface area contributed by atoms with Crippen LogP contribution in [0.25, 0.3) is 0 Å². The van der Waals surface area contributed by atoms with Gasteiger partial charge in [0.15, 0.2) is 0 Å². The quantitative estimate of drug-likeness (QED) is 0.452. The maximum atomic E-state index is 11.3. The molecule has 3 aromatic carbocycles. The molecule has 0 saturated heterocycles. The number of sulfonamides is 1. The molecule has 0 aromatic heterocycles. The molecule has 0 aliphatic carbocycles. The van der Waals surface area contributed by atoms with Crippen LogP contribution in [0.5, 0.6) is 5.75 Å². The second-order valence-corrected chi connectivity index (χ2v) is 9.36. The van der Waals surface area contributed by atoms with Gasteiger partial charge in [0.05, 0.1) is 13.8 Å². The molecule has 0 fully saturated rings. The summed E-state index contributed by atoms with van der Waals surface area (Å²) >= 11 is 7.13. The number of rotatable bonds is 7. The summed E-state index contributed by atoms with van der Waals surface area (Å²) in [4.78, 5) is 0.0865. The van der Waals surface area contributed by atoms with Crippen LogP contribution in [0.3, 0.4) is 0 Å². The summed E-state index contributed by atoms with van der Waals surface area (Å²) in [6, 6.07) is 20.2. The molecule has 5 nitrogen and oxygen atoms in total. The Bertz CT molecular complexity index is 1030. The third-order valence-electron chi connectivity index (χ3n) is 3.96. The van der Waals surface area contributed by atoms with Crippen LogP contribution in [0.15, 0.2) is 80.6 Å². The van der Waals surface area contributed by atoms with Gasteiger partial charge in [-0.3, -0.25) is 0 Å². The van der Waals surface area contributed by atoms with Crippen molar-refractivity contribution in [3.05, 3.63) is 86.8 Å². The predicted molar refractivity (Wildman–Crippen MR) is 118 cm³/mol. The molecule has 0 bridgehead atoms. The Labute approximate surface area is 181 Å². The fourth-order valence-corrected chi connectivity index (χ4v) is 4.57. The molecule has 0 saturated carbocycles. The van der Waals surface area contributed by atoms with E-state index in [1.807, 2.05) is 42.5 Å². The molecule has 3 N–H and O–H groups in total. The summed E-state index contributed by atoms with van der Waals surface area (Å²) in [6.45, 7) is 1.04. The van der Waals surface area contributed by atoms with Gasteiger partial charge in [-0.05, 0) is 79.4 Å². The van der Waals surface area contributed by atoms with Crippen molar-refractivity contribution in [2.45, 2.75) is 18.0 Å². The summed E-state index contributed by atoms with van der Waals surface area (Å²) in [5.74, 6) is 0.741. The van der Waals surface area contributed by atoms with E-state index in [1.165, 1.54) is 12.1 Å². The van der Waals surface area contributed by atoms with E-state index in [2.05, 4.69) is 37.2 Å². The monoisotopic (exact) mass is 524 g/mol. The van der Waals surface area contributed by atoms with Gasteiger partial charge in [0.25, 0.3) is 0 Å². The van der Waals surface area contributed by atoms with Crippen molar-refractivity contribution in [1.29, 1.82) is 0 Å². The number of hydrogen-bond acceptors (Lipinski definition) is 4. The number of halogens is 2. The Balaban J connectivity index is 1.65. The standard InChI is InChI=1S/C20H18Br2N2O3S/c21-18-10-15(12-24-16-6-8-17(9-7-16)28(23,25)26)11-19(22)20(18)27-13-14-4-2-1-3-5-14/h1-11,24H,12-13H2,(H2,23,25,26). The summed E-state index contributed by atoms with van der Waals surface area (Å²) in [5, 5.41) is 8.36. The first kappa shape index (κ1) is 20.9. The van der Waals surface area contributed by atoms with Gasteiger partial charge in [-0.1, -0.05) is 30.3 Å². The van der Waals surface area contributed by atoms with Crippen LogP contribution in [0.2, 0.25) is 0 Å².